The molecule has 0 aliphatic heterocycles. The highest BCUT2D eigenvalue weighted by Crippen LogP contribution is 2.34. The zero-order valence-electron chi connectivity index (χ0n) is 12.0. The van der Waals surface area contributed by atoms with Crippen LogP contribution in [0, 0.1) is 5.92 Å². The normalized spacial score (nSPS) is 25.6. The molecule has 1 amide bonds. The van der Waals surface area contributed by atoms with Crippen LogP contribution in [-0.4, -0.2) is 30.9 Å². The summed E-state index contributed by atoms with van der Waals surface area (Å²) in [5.41, 5.74) is -0.671. The molecule has 0 bridgehead atoms. The highest BCUT2D eigenvalue weighted by molar-refractivity contribution is 7.91. The maximum Gasteiger partial charge on any atom is 0.308 e. The number of carbonyl (C=O) groups excluding carboxylic acids is 1. The molecule has 1 saturated carbocycles. The summed E-state index contributed by atoms with van der Waals surface area (Å²) < 4.78 is 22.4. The van der Waals surface area contributed by atoms with Crippen molar-refractivity contribution >= 4 is 33.2 Å². The molecule has 0 saturated heterocycles. The molecule has 1 heterocycles. The van der Waals surface area contributed by atoms with Crippen LogP contribution in [0.25, 0.3) is 0 Å². The molecular formula is C13H18N2O5S2. The Hall–Kier alpha value is -1.45. The highest BCUT2D eigenvalue weighted by atomic mass is 32.2. The van der Waals surface area contributed by atoms with Gasteiger partial charge in [0.25, 0.3) is 5.91 Å². The van der Waals surface area contributed by atoms with Gasteiger partial charge in [0, 0.05) is 5.38 Å². The summed E-state index contributed by atoms with van der Waals surface area (Å²) >= 11 is 0.863. The molecule has 1 fully saturated rings. The second kappa shape index (κ2) is 5.98. The van der Waals surface area contributed by atoms with E-state index >= 15 is 0 Å². The molecule has 0 unspecified atom stereocenters. The Bertz CT molecular complexity index is 697. The van der Waals surface area contributed by atoms with Crippen molar-refractivity contribution in [2.75, 3.05) is 0 Å². The number of aliphatic carboxylic acids is 1. The standard InChI is InChI=1S/C13H18N2O5S2/c1-13(5-3-2-4-9(13)12(17)18)15-11(16)8-6-10(21-7-8)22(14,19)20/h6-7,9H,2-5H2,1H3,(H,15,16)(H,17,18)(H2,14,19,20)/t9-,13+/m1/s1. The van der Waals surface area contributed by atoms with Gasteiger partial charge >= 0.3 is 5.97 Å². The van der Waals surface area contributed by atoms with Crippen LogP contribution in [-0.2, 0) is 14.8 Å². The topological polar surface area (TPSA) is 127 Å². The molecule has 122 valence electrons. The first-order valence-electron chi connectivity index (χ1n) is 6.80. The number of primary sulfonamides is 1. The van der Waals surface area contributed by atoms with Crippen molar-refractivity contribution in [2.45, 2.75) is 42.4 Å². The smallest absolute Gasteiger partial charge is 0.308 e. The van der Waals surface area contributed by atoms with Gasteiger partial charge in [0.15, 0.2) is 0 Å². The molecular weight excluding hydrogens is 328 g/mol. The van der Waals surface area contributed by atoms with E-state index in [1.165, 1.54) is 11.4 Å². The minimum atomic E-state index is -3.84. The fraction of sp³-hybridized carbons (Fsp3) is 0.538. The van der Waals surface area contributed by atoms with Crippen LogP contribution in [0.2, 0.25) is 0 Å². The minimum Gasteiger partial charge on any atom is -0.481 e. The summed E-state index contributed by atoms with van der Waals surface area (Å²) in [4.78, 5) is 23.7. The molecule has 4 N–H and O–H groups in total. The predicted molar refractivity (Wildman–Crippen MR) is 81.2 cm³/mol. The fourth-order valence-corrected chi connectivity index (χ4v) is 4.38. The summed E-state index contributed by atoms with van der Waals surface area (Å²) in [5.74, 6) is -2.07. The van der Waals surface area contributed by atoms with Crippen LogP contribution >= 0.6 is 11.3 Å². The van der Waals surface area contributed by atoms with Crippen molar-refractivity contribution in [2.24, 2.45) is 11.1 Å². The van der Waals surface area contributed by atoms with Crippen molar-refractivity contribution in [3.05, 3.63) is 17.0 Å². The summed E-state index contributed by atoms with van der Waals surface area (Å²) in [6.07, 6.45) is 2.74. The van der Waals surface area contributed by atoms with Crippen LogP contribution in [0.1, 0.15) is 43.0 Å². The van der Waals surface area contributed by atoms with Gasteiger partial charge in [-0.3, -0.25) is 9.59 Å². The van der Waals surface area contributed by atoms with Crippen LogP contribution in [0.3, 0.4) is 0 Å². The molecule has 0 aromatic carbocycles. The first-order valence-corrected chi connectivity index (χ1v) is 9.23. The summed E-state index contributed by atoms with van der Waals surface area (Å²) in [5, 5.41) is 18.5. The van der Waals surface area contributed by atoms with E-state index in [1.807, 2.05) is 0 Å². The van der Waals surface area contributed by atoms with Crippen LogP contribution < -0.4 is 10.5 Å². The monoisotopic (exact) mass is 346 g/mol. The van der Waals surface area contributed by atoms with Crippen LogP contribution in [0.4, 0.5) is 0 Å². The van der Waals surface area contributed by atoms with Gasteiger partial charge in [-0.2, -0.15) is 0 Å². The van der Waals surface area contributed by atoms with Gasteiger partial charge in [-0.15, -0.1) is 11.3 Å². The predicted octanol–water partition coefficient (Wildman–Crippen LogP) is 1.16. The largest absolute Gasteiger partial charge is 0.481 e. The number of nitrogens with one attached hydrogen (secondary N) is 1. The molecule has 2 atom stereocenters. The molecule has 7 nitrogen and oxygen atoms in total. The van der Waals surface area contributed by atoms with Crippen molar-refractivity contribution in [3.8, 4) is 0 Å². The number of carboxylic acids is 1. The lowest BCUT2D eigenvalue weighted by Crippen LogP contribution is -2.55. The number of sulfonamides is 1. The third-order valence-electron chi connectivity index (χ3n) is 4.02. The van der Waals surface area contributed by atoms with E-state index in [2.05, 4.69) is 5.32 Å². The second-order valence-corrected chi connectivity index (χ2v) is 8.41. The molecule has 0 radical (unpaired) electrons. The first-order chi connectivity index (χ1) is 10.1. The number of rotatable bonds is 4. The molecule has 22 heavy (non-hydrogen) atoms. The Morgan fingerprint density at radius 2 is 2.14 bits per heavy atom. The van der Waals surface area contributed by atoms with Gasteiger partial charge in [0.1, 0.15) is 4.21 Å². The molecule has 9 heteroatoms. The van der Waals surface area contributed by atoms with Crippen molar-refractivity contribution in [1.29, 1.82) is 0 Å². The van der Waals surface area contributed by atoms with Crippen LogP contribution in [0.15, 0.2) is 15.7 Å². The number of hydrogen-bond acceptors (Lipinski definition) is 5. The molecule has 1 aromatic heterocycles. The number of carbonyl (C=O) groups is 2. The summed E-state index contributed by atoms with van der Waals surface area (Å²) in [6.45, 7) is 1.72. The highest BCUT2D eigenvalue weighted by Gasteiger charge is 2.42. The molecule has 1 aliphatic carbocycles. The molecule has 1 aromatic rings. The van der Waals surface area contributed by atoms with Gasteiger partial charge < -0.3 is 10.4 Å². The lowest BCUT2D eigenvalue weighted by molar-refractivity contribution is -0.145. The average molecular weight is 346 g/mol. The summed E-state index contributed by atoms with van der Waals surface area (Å²) in [6, 6.07) is 1.21. The third kappa shape index (κ3) is 3.47. The van der Waals surface area contributed by atoms with E-state index in [0.717, 1.165) is 24.2 Å². The average Bonchev–Trinajstić information content (AvgIpc) is 2.87. The Kier molecular flexibility index (Phi) is 4.59. The second-order valence-electron chi connectivity index (χ2n) is 5.71. The van der Waals surface area contributed by atoms with E-state index in [1.54, 1.807) is 6.92 Å². The number of carboxylic acid groups (broad SMARTS) is 1. The maximum absolute atomic E-state index is 12.3. The molecule has 2 rings (SSSR count). The van der Waals surface area contributed by atoms with Crippen molar-refractivity contribution in [3.63, 3.8) is 0 Å². The van der Waals surface area contributed by atoms with E-state index in [9.17, 15) is 23.1 Å². The maximum atomic E-state index is 12.3. The van der Waals surface area contributed by atoms with Crippen molar-refractivity contribution in [1.82, 2.24) is 5.32 Å². The minimum absolute atomic E-state index is 0.0961. The number of amides is 1. The molecule has 1 aliphatic rings. The van der Waals surface area contributed by atoms with Gasteiger partial charge in [-0.05, 0) is 25.8 Å². The van der Waals surface area contributed by atoms with Gasteiger partial charge in [-0.25, -0.2) is 13.6 Å². The lowest BCUT2D eigenvalue weighted by Gasteiger charge is -2.39. The number of hydrogen-bond donors (Lipinski definition) is 3. The SMILES string of the molecule is C[C@]1(NC(=O)c2csc(S(N)(=O)=O)c2)CCCC[C@@H]1C(=O)O. The third-order valence-corrected chi connectivity index (χ3v) is 6.41. The van der Waals surface area contributed by atoms with E-state index in [4.69, 9.17) is 5.14 Å². The zero-order valence-corrected chi connectivity index (χ0v) is 13.7. The number of nitrogens with two attached hydrogens (primary N) is 1. The van der Waals surface area contributed by atoms with Gasteiger partial charge in [-0.1, -0.05) is 12.8 Å². The fourth-order valence-electron chi connectivity index (χ4n) is 2.80. The Labute approximate surface area is 132 Å². The quantitative estimate of drug-likeness (QED) is 0.754. The van der Waals surface area contributed by atoms with Crippen molar-refractivity contribution < 1.29 is 23.1 Å². The Morgan fingerprint density at radius 3 is 2.68 bits per heavy atom. The lowest BCUT2D eigenvalue weighted by atomic mass is 9.74. The summed E-state index contributed by atoms with van der Waals surface area (Å²) in [7, 11) is -3.84. The van der Waals surface area contributed by atoms with Gasteiger partial charge in [0.05, 0.1) is 17.0 Å². The first kappa shape index (κ1) is 16.9. The Balaban J connectivity index is 2.20. The van der Waals surface area contributed by atoms with E-state index in [-0.39, 0.29) is 9.77 Å². The van der Waals surface area contributed by atoms with E-state index < -0.39 is 33.4 Å². The van der Waals surface area contributed by atoms with Crippen LogP contribution in [0.5, 0.6) is 0 Å². The van der Waals surface area contributed by atoms with E-state index in [0.29, 0.717) is 12.8 Å². The number of thiophene rings is 1. The van der Waals surface area contributed by atoms with Gasteiger partial charge in [0.2, 0.25) is 10.0 Å². The Morgan fingerprint density at radius 1 is 1.45 bits per heavy atom. The molecule has 0 spiro atoms. The zero-order chi connectivity index (χ0) is 16.5.